The van der Waals surface area contributed by atoms with Gasteiger partial charge in [-0.3, -0.25) is 9.69 Å². The molecule has 5 nitrogen and oxygen atoms in total. The van der Waals surface area contributed by atoms with Crippen LogP contribution in [-0.2, 0) is 9.53 Å². The van der Waals surface area contributed by atoms with Crippen molar-refractivity contribution in [3.8, 4) is 0 Å². The number of ether oxygens (including phenoxy) is 1. The van der Waals surface area contributed by atoms with Gasteiger partial charge in [0.25, 0.3) is 0 Å². The summed E-state index contributed by atoms with van der Waals surface area (Å²) < 4.78 is 5.56. The monoisotopic (exact) mass is 256 g/mol. The normalized spacial score (nSPS) is 31.9. The molecule has 1 N–H and O–H groups in total. The molecule has 2 aliphatic rings. The van der Waals surface area contributed by atoms with E-state index in [0.717, 1.165) is 26.1 Å². The molecule has 3 unspecified atom stereocenters. The van der Waals surface area contributed by atoms with Gasteiger partial charge in [0.05, 0.1) is 18.8 Å². The van der Waals surface area contributed by atoms with E-state index < -0.39 is 6.10 Å². The number of β-amino-alcohol motifs (C(OH)–C–C–N with tert-alkyl or cyclic N) is 1. The molecule has 2 rings (SSSR count). The van der Waals surface area contributed by atoms with Gasteiger partial charge >= 0.3 is 0 Å². The first kappa shape index (κ1) is 13.8. The lowest BCUT2D eigenvalue weighted by Crippen LogP contribution is -2.52. The summed E-state index contributed by atoms with van der Waals surface area (Å²) in [5.41, 5.74) is 0. The first-order valence-corrected chi connectivity index (χ1v) is 6.89. The molecule has 0 aromatic carbocycles. The van der Waals surface area contributed by atoms with Gasteiger partial charge in [-0.05, 0) is 20.3 Å². The van der Waals surface area contributed by atoms with Gasteiger partial charge in [0, 0.05) is 38.6 Å². The van der Waals surface area contributed by atoms with Gasteiger partial charge in [-0.2, -0.15) is 0 Å². The van der Waals surface area contributed by atoms with Crippen LogP contribution in [0.3, 0.4) is 0 Å². The Balaban J connectivity index is 1.79. The van der Waals surface area contributed by atoms with Crippen molar-refractivity contribution in [2.45, 2.75) is 44.9 Å². The lowest BCUT2D eigenvalue weighted by molar-refractivity contribution is -0.129. The van der Waals surface area contributed by atoms with Crippen LogP contribution < -0.4 is 0 Å². The predicted octanol–water partition coefficient (Wildman–Crippen LogP) is 0.0789. The maximum Gasteiger partial charge on any atom is 0.222 e. The van der Waals surface area contributed by atoms with Crippen molar-refractivity contribution < 1.29 is 14.6 Å². The number of rotatable bonds is 4. The van der Waals surface area contributed by atoms with Crippen molar-refractivity contribution >= 4 is 5.91 Å². The number of nitrogens with zero attached hydrogens (tertiary/aromatic N) is 2. The number of aliphatic hydroxyl groups excluding tert-OH is 1. The Kier molecular flexibility index (Phi) is 4.59. The zero-order chi connectivity index (χ0) is 13.1. The summed E-state index contributed by atoms with van der Waals surface area (Å²) in [6.07, 6.45) is 1.31. The minimum absolute atomic E-state index is 0.178. The van der Waals surface area contributed by atoms with Crippen LogP contribution in [0.5, 0.6) is 0 Å². The number of hydrogen-bond acceptors (Lipinski definition) is 4. The zero-order valence-electron chi connectivity index (χ0n) is 11.3. The molecule has 18 heavy (non-hydrogen) atoms. The van der Waals surface area contributed by atoms with Gasteiger partial charge in [-0.15, -0.1) is 0 Å². The number of likely N-dealkylation sites (tertiary alicyclic amines) is 1. The first-order valence-electron chi connectivity index (χ1n) is 6.89. The molecular weight excluding hydrogens is 232 g/mol. The summed E-state index contributed by atoms with van der Waals surface area (Å²) in [6.45, 7) is 7.66. The Labute approximate surface area is 109 Å². The van der Waals surface area contributed by atoms with Gasteiger partial charge in [-0.1, -0.05) is 0 Å². The fourth-order valence-corrected chi connectivity index (χ4v) is 2.73. The molecule has 1 amide bonds. The lowest BCUT2D eigenvalue weighted by Gasteiger charge is -2.39. The number of carbonyl (C=O) groups is 1. The van der Waals surface area contributed by atoms with E-state index in [1.807, 2.05) is 0 Å². The summed E-state index contributed by atoms with van der Waals surface area (Å²) in [7, 11) is 0. The Morgan fingerprint density at radius 3 is 2.83 bits per heavy atom. The highest BCUT2D eigenvalue weighted by molar-refractivity contribution is 5.78. The van der Waals surface area contributed by atoms with Crippen LogP contribution >= 0.6 is 0 Å². The number of aliphatic hydroxyl groups is 1. The van der Waals surface area contributed by atoms with Gasteiger partial charge in [0.1, 0.15) is 0 Å². The number of morpholine rings is 1. The molecule has 0 saturated carbocycles. The molecule has 0 spiro atoms. The quantitative estimate of drug-likeness (QED) is 0.774. The zero-order valence-corrected chi connectivity index (χ0v) is 11.3. The summed E-state index contributed by atoms with van der Waals surface area (Å²) in [5, 5.41) is 10.1. The molecular formula is C13H24N2O3. The van der Waals surface area contributed by atoms with E-state index >= 15 is 0 Å². The third-order valence-electron chi connectivity index (χ3n) is 4.06. The van der Waals surface area contributed by atoms with Crippen LogP contribution in [0.1, 0.15) is 26.7 Å². The fourth-order valence-electron chi connectivity index (χ4n) is 2.73. The summed E-state index contributed by atoms with van der Waals surface area (Å²) >= 11 is 0. The summed E-state index contributed by atoms with van der Waals surface area (Å²) in [5.74, 6) is 0.178. The highest BCUT2D eigenvalue weighted by atomic mass is 16.5. The van der Waals surface area contributed by atoms with E-state index in [1.54, 1.807) is 4.90 Å². The van der Waals surface area contributed by atoms with Crippen molar-refractivity contribution in [2.75, 3.05) is 32.8 Å². The number of carbonyl (C=O) groups excluding carboxylic acids is 1. The van der Waals surface area contributed by atoms with Gasteiger partial charge in [0.2, 0.25) is 5.91 Å². The minimum atomic E-state index is -0.459. The molecule has 0 bridgehead atoms. The predicted molar refractivity (Wildman–Crippen MR) is 68.3 cm³/mol. The van der Waals surface area contributed by atoms with E-state index in [4.69, 9.17) is 4.74 Å². The van der Waals surface area contributed by atoms with Crippen molar-refractivity contribution in [1.29, 1.82) is 0 Å². The van der Waals surface area contributed by atoms with Crippen molar-refractivity contribution in [3.63, 3.8) is 0 Å². The topological polar surface area (TPSA) is 53.0 Å². The highest BCUT2D eigenvalue weighted by Crippen LogP contribution is 2.15. The first-order chi connectivity index (χ1) is 8.58. The summed E-state index contributed by atoms with van der Waals surface area (Å²) in [6, 6.07) is 0.322. The van der Waals surface area contributed by atoms with Crippen molar-refractivity contribution in [1.82, 2.24) is 9.80 Å². The van der Waals surface area contributed by atoms with Gasteiger partial charge in [0.15, 0.2) is 0 Å². The molecule has 0 radical (unpaired) electrons. The van der Waals surface area contributed by atoms with Crippen molar-refractivity contribution in [3.05, 3.63) is 0 Å². The average molecular weight is 256 g/mol. The van der Waals surface area contributed by atoms with Crippen LogP contribution in [0.2, 0.25) is 0 Å². The largest absolute Gasteiger partial charge is 0.390 e. The fraction of sp³-hybridized carbons (Fsp3) is 0.923. The van der Waals surface area contributed by atoms with Gasteiger partial charge in [-0.25, -0.2) is 0 Å². The van der Waals surface area contributed by atoms with Crippen LogP contribution in [0.25, 0.3) is 0 Å². The molecule has 3 atom stereocenters. The van der Waals surface area contributed by atoms with Crippen LogP contribution in [-0.4, -0.2) is 71.8 Å². The van der Waals surface area contributed by atoms with Crippen LogP contribution in [0.15, 0.2) is 0 Å². The molecule has 0 aromatic heterocycles. The van der Waals surface area contributed by atoms with E-state index in [-0.39, 0.29) is 12.0 Å². The van der Waals surface area contributed by atoms with E-state index in [1.165, 1.54) is 0 Å². The SMILES string of the molecule is CC1OCCN(CC(O)CN2CCCC2=O)C1C. The molecule has 0 aromatic rings. The third-order valence-corrected chi connectivity index (χ3v) is 4.06. The maximum absolute atomic E-state index is 11.5. The Hall–Kier alpha value is -0.650. The smallest absolute Gasteiger partial charge is 0.222 e. The molecule has 2 aliphatic heterocycles. The molecule has 2 saturated heterocycles. The van der Waals surface area contributed by atoms with E-state index in [9.17, 15) is 9.90 Å². The Morgan fingerprint density at radius 2 is 2.17 bits per heavy atom. The van der Waals surface area contributed by atoms with E-state index in [0.29, 0.717) is 25.6 Å². The van der Waals surface area contributed by atoms with Crippen molar-refractivity contribution in [2.24, 2.45) is 0 Å². The number of amides is 1. The minimum Gasteiger partial charge on any atom is -0.390 e. The Bertz CT molecular complexity index is 298. The van der Waals surface area contributed by atoms with E-state index in [2.05, 4.69) is 18.7 Å². The second-order valence-electron chi connectivity index (χ2n) is 5.41. The molecule has 0 aliphatic carbocycles. The number of hydrogen-bond donors (Lipinski definition) is 1. The maximum atomic E-state index is 11.5. The van der Waals surface area contributed by atoms with Gasteiger partial charge < -0.3 is 14.7 Å². The Morgan fingerprint density at radius 1 is 1.39 bits per heavy atom. The molecule has 5 heteroatoms. The highest BCUT2D eigenvalue weighted by Gasteiger charge is 2.28. The molecule has 2 heterocycles. The molecule has 104 valence electrons. The third kappa shape index (κ3) is 3.22. The standard InChI is InChI=1S/C13H24N2O3/c1-10-11(2)18-7-6-14(10)8-12(16)9-15-5-3-4-13(15)17/h10-12,16H,3-9H2,1-2H3. The van der Waals surface area contributed by atoms with Crippen LogP contribution in [0.4, 0.5) is 0 Å². The second-order valence-corrected chi connectivity index (χ2v) is 5.41. The summed E-state index contributed by atoms with van der Waals surface area (Å²) in [4.78, 5) is 15.5. The molecule has 2 fully saturated rings. The average Bonchev–Trinajstić information content (AvgIpc) is 2.71. The lowest BCUT2D eigenvalue weighted by atomic mass is 10.1. The van der Waals surface area contributed by atoms with Crippen LogP contribution in [0, 0.1) is 0 Å². The second kappa shape index (κ2) is 5.99.